The van der Waals surface area contributed by atoms with Crippen LogP contribution in [0.25, 0.3) is 11.1 Å². The van der Waals surface area contributed by atoms with Crippen LogP contribution in [-0.4, -0.2) is 36.2 Å². The number of anilines is 1. The lowest BCUT2D eigenvalue weighted by Crippen LogP contribution is -2.29. The number of nitrogens with one attached hydrogen (secondary N) is 2. The van der Waals surface area contributed by atoms with Gasteiger partial charge in [0.15, 0.2) is 0 Å². The highest BCUT2D eigenvalue weighted by atomic mass is 35.5. The van der Waals surface area contributed by atoms with Gasteiger partial charge in [0.05, 0.1) is 10.7 Å². The first-order valence-electron chi connectivity index (χ1n) is 10.4. The second kappa shape index (κ2) is 9.75. The first-order valence-corrected chi connectivity index (χ1v) is 10.7. The van der Waals surface area contributed by atoms with Crippen molar-refractivity contribution in [1.82, 2.24) is 5.32 Å². The van der Waals surface area contributed by atoms with Gasteiger partial charge in [0.25, 0.3) is 0 Å². The van der Waals surface area contributed by atoms with Crippen molar-refractivity contribution in [3.63, 3.8) is 0 Å². The molecule has 3 N–H and O–H groups in total. The summed E-state index contributed by atoms with van der Waals surface area (Å²) in [6, 6.07) is 20.5. The third-order valence-corrected chi connectivity index (χ3v) is 5.78. The average molecular weight is 465 g/mol. The third-order valence-electron chi connectivity index (χ3n) is 5.47. The lowest BCUT2D eigenvalue weighted by molar-refractivity contribution is -0.116. The number of benzene rings is 3. The van der Waals surface area contributed by atoms with Crippen LogP contribution in [0.3, 0.4) is 0 Å². The van der Waals surface area contributed by atoms with Crippen molar-refractivity contribution in [1.29, 1.82) is 0 Å². The zero-order chi connectivity index (χ0) is 23.4. The molecule has 2 amide bonds. The van der Waals surface area contributed by atoms with Crippen LogP contribution in [0, 0.1) is 0 Å². The van der Waals surface area contributed by atoms with E-state index in [1.54, 1.807) is 6.07 Å². The maximum Gasteiger partial charge on any atom is 0.407 e. The lowest BCUT2D eigenvalue weighted by Gasteiger charge is -2.14. The molecule has 0 heterocycles. The Kier molecular flexibility index (Phi) is 6.60. The van der Waals surface area contributed by atoms with E-state index in [0.29, 0.717) is 0 Å². The molecular formula is C25H21ClN2O5. The maximum atomic E-state index is 12.2. The summed E-state index contributed by atoms with van der Waals surface area (Å²) in [7, 11) is 0. The minimum Gasteiger partial charge on any atom is -0.478 e. The molecule has 0 spiro atoms. The number of ether oxygens (including phenoxy) is 1. The van der Waals surface area contributed by atoms with Gasteiger partial charge in [-0.05, 0) is 34.4 Å². The van der Waals surface area contributed by atoms with E-state index in [4.69, 9.17) is 16.3 Å². The Morgan fingerprint density at radius 2 is 1.55 bits per heavy atom. The fraction of sp³-hybridized carbons (Fsp3) is 0.160. The quantitative estimate of drug-likeness (QED) is 0.461. The summed E-state index contributed by atoms with van der Waals surface area (Å²) < 4.78 is 5.43. The number of carbonyl (C=O) groups excluding carboxylic acids is 2. The molecule has 0 unspecified atom stereocenters. The van der Waals surface area contributed by atoms with Gasteiger partial charge in [0.1, 0.15) is 12.2 Å². The minimum absolute atomic E-state index is 0.0251. The van der Waals surface area contributed by atoms with E-state index in [-0.39, 0.29) is 41.8 Å². The molecule has 0 saturated heterocycles. The Balaban J connectivity index is 1.29. The van der Waals surface area contributed by atoms with Crippen molar-refractivity contribution in [2.75, 3.05) is 18.5 Å². The van der Waals surface area contributed by atoms with E-state index in [1.807, 2.05) is 36.4 Å². The molecule has 0 atom stereocenters. The largest absolute Gasteiger partial charge is 0.478 e. The summed E-state index contributed by atoms with van der Waals surface area (Å²) in [5.41, 5.74) is 4.42. The van der Waals surface area contributed by atoms with Crippen LogP contribution < -0.4 is 10.6 Å². The summed E-state index contributed by atoms with van der Waals surface area (Å²) >= 11 is 5.90. The van der Waals surface area contributed by atoms with Gasteiger partial charge in [-0.3, -0.25) is 4.79 Å². The smallest absolute Gasteiger partial charge is 0.407 e. The molecule has 0 aliphatic heterocycles. The second-order valence-corrected chi connectivity index (χ2v) is 7.93. The number of hydrogen-bond acceptors (Lipinski definition) is 4. The van der Waals surface area contributed by atoms with Crippen molar-refractivity contribution >= 4 is 35.3 Å². The predicted molar refractivity (Wildman–Crippen MR) is 125 cm³/mol. The Morgan fingerprint density at radius 1 is 0.909 bits per heavy atom. The number of alkyl carbamates (subject to hydrolysis) is 1. The molecule has 7 nitrogen and oxygen atoms in total. The molecule has 0 bridgehead atoms. The molecule has 3 aromatic rings. The van der Waals surface area contributed by atoms with E-state index in [1.165, 1.54) is 12.1 Å². The topological polar surface area (TPSA) is 105 Å². The molecule has 1 aliphatic carbocycles. The van der Waals surface area contributed by atoms with Gasteiger partial charge in [-0.15, -0.1) is 0 Å². The summed E-state index contributed by atoms with van der Waals surface area (Å²) in [6.45, 7) is 0.210. The van der Waals surface area contributed by atoms with Gasteiger partial charge in [-0.1, -0.05) is 66.2 Å². The number of fused-ring (bicyclic) bond motifs is 3. The molecule has 1 aliphatic rings. The first kappa shape index (κ1) is 22.4. The van der Waals surface area contributed by atoms with Crippen LogP contribution in [0.2, 0.25) is 5.02 Å². The zero-order valence-corrected chi connectivity index (χ0v) is 18.3. The monoisotopic (exact) mass is 464 g/mol. The molecular weight excluding hydrogens is 444 g/mol. The average Bonchev–Trinajstić information content (AvgIpc) is 3.11. The van der Waals surface area contributed by atoms with Crippen molar-refractivity contribution in [2.24, 2.45) is 0 Å². The summed E-state index contributed by atoms with van der Waals surface area (Å²) in [4.78, 5) is 35.7. The third kappa shape index (κ3) is 4.83. The van der Waals surface area contributed by atoms with Crippen LogP contribution in [0.1, 0.15) is 33.8 Å². The Hall–Kier alpha value is -3.84. The van der Waals surface area contributed by atoms with E-state index in [9.17, 15) is 19.5 Å². The molecule has 168 valence electrons. The highest BCUT2D eigenvalue weighted by Crippen LogP contribution is 2.44. The van der Waals surface area contributed by atoms with Gasteiger partial charge in [0.2, 0.25) is 5.91 Å². The standard InChI is InChI=1S/C25H21ClN2O5/c26-20-10-5-11-21(23(20)24(30)31)28-22(29)12-13-27-25(32)33-14-19-17-8-3-1-6-15(17)16-7-2-4-9-18(16)19/h1-11,19H,12-14H2,(H,27,32)(H,28,29)(H,30,31). The van der Waals surface area contributed by atoms with E-state index in [2.05, 4.69) is 22.8 Å². The Morgan fingerprint density at radius 3 is 2.18 bits per heavy atom. The minimum atomic E-state index is -1.24. The maximum absolute atomic E-state index is 12.2. The normalized spacial score (nSPS) is 11.9. The van der Waals surface area contributed by atoms with Crippen molar-refractivity contribution in [2.45, 2.75) is 12.3 Å². The molecule has 0 radical (unpaired) electrons. The van der Waals surface area contributed by atoms with E-state index < -0.39 is 18.0 Å². The van der Waals surface area contributed by atoms with Crippen LogP contribution >= 0.6 is 11.6 Å². The SMILES string of the molecule is O=C(CCNC(=O)OCC1c2ccccc2-c2ccccc21)Nc1cccc(Cl)c1C(=O)O. The highest BCUT2D eigenvalue weighted by Gasteiger charge is 2.29. The summed E-state index contributed by atoms with van der Waals surface area (Å²) in [6.07, 6.45) is -0.686. The number of rotatable bonds is 7. The van der Waals surface area contributed by atoms with Crippen LogP contribution in [0.15, 0.2) is 66.7 Å². The van der Waals surface area contributed by atoms with Crippen molar-refractivity contribution in [3.8, 4) is 11.1 Å². The van der Waals surface area contributed by atoms with Crippen molar-refractivity contribution in [3.05, 3.63) is 88.4 Å². The molecule has 8 heteroatoms. The number of amides is 2. The fourth-order valence-electron chi connectivity index (χ4n) is 3.99. The summed E-state index contributed by atoms with van der Waals surface area (Å²) in [5.74, 6) is -1.75. The number of halogens is 1. The summed E-state index contributed by atoms with van der Waals surface area (Å²) in [5, 5.41) is 14.4. The van der Waals surface area contributed by atoms with Gasteiger partial charge in [-0.25, -0.2) is 9.59 Å². The number of aromatic carboxylic acids is 1. The Labute approximate surface area is 195 Å². The zero-order valence-electron chi connectivity index (χ0n) is 17.5. The van der Waals surface area contributed by atoms with E-state index in [0.717, 1.165) is 22.3 Å². The number of carboxylic acid groups (broad SMARTS) is 1. The lowest BCUT2D eigenvalue weighted by atomic mass is 9.98. The number of carbonyl (C=O) groups is 3. The molecule has 33 heavy (non-hydrogen) atoms. The number of hydrogen-bond donors (Lipinski definition) is 3. The molecule has 3 aromatic carbocycles. The predicted octanol–water partition coefficient (Wildman–Crippen LogP) is 4.91. The molecule has 0 fully saturated rings. The highest BCUT2D eigenvalue weighted by molar-refractivity contribution is 6.34. The van der Waals surface area contributed by atoms with Gasteiger partial charge < -0.3 is 20.5 Å². The second-order valence-electron chi connectivity index (χ2n) is 7.52. The fourth-order valence-corrected chi connectivity index (χ4v) is 4.24. The van der Waals surface area contributed by atoms with Gasteiger partial charge >= 0.3 is 12.1 Å². The van der Waals surface area contributed by atoms with Gasteiger partial charge in [0, 0.05) is 18.9 Å². The van der Waals surface area contributed by atoms with E-state index >= 15 is 0 Å². The van der Waals surface area contributed by atoms with Crippen molar-refractivity contribution < 1.29 is 24.2 Å². The Bertz CT molecular complexity index is 1180. The molecule has 4 rings (SSSR count). The molecule has 0 saturated carbocycles. The first-order chi connectivity index (χ1) is 16.0. The van der Waals surface area contributed by atoms with Crippen LogP contribution in [-0.2, 0) is 9.53 Å². The van der Waals surface area contributed by atoms with Crippen LogP contribution in [0.4, 0.5) is 10.5 Å². The van der Waals surface area contributed by atoms with Crippen LogP contribution in [0.5, 0.6) is 0 Å². The number of carboxylic acids is 1. The van der Waals surface area contributed by atoms with Gasteiger partial charge in [-0.2, -0.15) is 0 Å². The molecule has 0 aromatic heterocycles.